The zero-order valence-electron chi connectivity index (χ0n) is 10.1. The van der Waals surface area contributed by atoms with E-state index in [0.717, 1.165) is 23.5 Å². The molecule has 0 aliphatic carbocycles. The van der Waals surface area contributed by atoms with Gasteiger partial charge >= 0.3 is 0 Å². The lowest BCUT2D eigenvalue weighted by molar-refractivity contribution is 0.521. The van der Waals surface area contributed by atoms with E-state index in [0.29, 0.717) is 5.56 Å². The van der Waals surface area contributed by atoms with Crippen molar-refractivity contribution in [2.75, 3.05) is 18.0 Å². The molecular formula is C14H17BrN2. The Kier molecular flexibility index (Phi) is 4.06. The molecule has 1 atom stereocenters. The fraction of sp³-hybridized carbons (Fsp3) is 0.500. The van der Waals surface area contributed by atoms with Gasteiger partial charge in [0.2, 0.25) is 0 Å². The van der Waals surface area contributed by atoms with Crippen LogP contribution in [0.15, 0.2) is 22.7 Å². The zero-order chi connectivity index (χ0) is 12.3. The van der Waals surface area contributed by atoms with E-state index in [1.54, 1.807) is 0 Å². The van der Waals surface area contributed by atoms with Crippen LogP contribution < -0.4 is 4.90 Å². The second-order valence-electron chi connectivity index (χ2n) is 4.80. The first-order valence-corrected chi connectivity index (χ1v) is 6.94. The summed E-state index contributed by atoms with van der Waals surface area (Å²) in [7, 11) is 0. The molecule has 0 aromatic heterocycles. The van der Waals surface area contributed by atoms with Gasteiger partial charge in [-0.2, -0.15) is 5.26 Å². The van der Waals surface area contributed by atoms with Gasteiger partial charge in [-0.1, -0.05) is 6.92 Å². The fourth-order valence-electron chi connectivity index (χ4n) is 2.34. The summed E-state index contributed by atoms with van der Waals surface area (Å²) in [4.78, 5) is 2.43. The van der Waals surface area contributed by atoms with Crippen molar-refractivity contribution in [2.45, 2.75) is 26.2 Å². The maximum atomic E-state index is 8.86. The monoisotopic (exact) mass is 292 g/mol. The fourth-order valence-corrected chi connectivity index (χ4v) is 2.97. The van der Waals surface area contributed by atoms with Gasteiger partial charge in [0.15, 0.2) is 0 Å². The average molecular weight is 293 g/mol. The Morgan fingerprint density at radius 2 is 2.18 bits per heavy atom. The quantitative estimate of drug-likeness (QED) is 0.784. The van der Waals surface area contributed by atoms with Crippen LogP contribution in [0.2, 0.25) is 0 Å². The molecule has 17 heavy (non-hydrogen) atoms. The Labute approximate surface area is 111 Å². The molecular weight excluding hydrogens is 276 g/mol. The summed E-state index contributed by atoms with van der Waals surface area (Å²) in [6.45, 7) is 4.57. The van der Waals surface area contributed by atoms with Crippen LogP contribution in [-0.2, 0) is 0 Å². The van der Waals surface area contributed by atoms with E-state index in [1.807, 2.05) is 12.1 Å². The number of rotatable bonds is 1. The van der Waals surface area contributed by atoms with E-state index >= 15 is 0 Å². The summed E-state index contributed by atoms with van der Waals surface area (Å²) in [5.74, 6) is 0.831. The zero-order valence-corrected chi connectivity index (χ0v) is 11.7. The number of benzene rings is 1. The predicted octanol–water partition coefficient (Wildman–Crippen LogP) is 3.95. The van der Waals surface area contributed by atoms with Crippen molar-refractivity contribution in [3.05, 3.63) is 28.2 Å². The molecule has 0 amide bonds. The topological polar surface area (TPSA) is 27.0 Å². The molecule has 1 aliphatic heterocycles. The van der Waals surface area contributed by atoms with Crippen LogP contribution >= 0.6 is 15.9 Å². The van der Waals surface area contributed by atoms with Gasteiger partial charge in [-0.15, -0.1) is 0 Å². The minimum atomic E-state index is 0.712. The van der Waals surface area contributed by atoms with Crippen molar-refractivity contribution in [1.82, 2.24) is 0 Å². The van der Waals surface area contributed by atoms with Crippen molar-refractivity contribution >= 4 is 21.6 Å². The summed E-state index contributed by atoms with van der Waals surface area (Å²) in [6, 6.07) is 8.03. The largest absolute Gasteiger partial charge is 0.371 e. The molecule has 1 unspecified atom stereocenters. The lowest BCUT2D eigenvalue weighted by atomic mass is 10.0. The van der Waals surface area contributed by atoms with Gasteiger partial charge in [-0.3, -0.25) is 0 Å². The molecule has 1 saturated heterocycles. The van der Waals surface area contributed by atoms with Crippen LogP contribution in [0.4, 0.5) is 5.69 Å². The second-order valence-corrected chi connectivity index (χ2v) is 5.66. The maximum Gasteiger partial charge on any atom is 0.0992 e. The third-order valence-electron chi connectivity index (χ3n) is 3.43. The number of halogens is 1. The third kappa shape index (κ3) is 3.01. The lowest BCUT2D eigenvalue weighted by Crippen LogP contribution is -2.24. The van der Waals surface area contributed by atoms with Crippen molar-refractivity contribution in [2.24, 2.45) is 5.92 Å². The van der Waals surface area contributed by atoms with E-state index in [4.69, 9.17) is 5.26 Å². The van der Waals surface area contributed by atoms with E-state index in [1.165, 1.54) is 24.9 Å². The average Bonchev–Trinajstić information content (AvgIpc) is 2.54. The predicted molar refractivity (Wildman–Crippen MR) is 74.1 cm³/mol. The first kappa shape index (κ1) is 12.4. The molecule has 1 aliphatic rings. The van der Waals surface area contributed by atoms with Crippen molar-refractivity contribution in [1.29, 1.82) is 5.26 Å². The highest BCUT2D eigenvalue weighted by Gasteiger charge is 2.16. The number of nitriles is 1. The highest BCUT2D eigenvalue weighted by Crippen LogP contribution is 2.30. The summed E-state index contributed by atoms with van der Waals surface area (Å²) in [6.07, 6.45) is 3.84. The Morgan fingerprint density at radius 3 is 2.88 bits per heavy atom. The third-order valence-corrected chi connectivity index (χ3v) is 4.07. The molecule has 0 saturated carbocycles. The Bertz CT molecular complexity index is 436. The van der Waals surface area contributed by atoms with E-state index in [2.05, 4.69) is 39.9 Å². The van der Waals surface area contributed by atoms with Gasteiger partial charge in [0.1, 0.15) is 0 Å². The van der Waals surface area contributed by atoms with Gasteiger partial charge in [0.25, 0.3) is 0 Å². The van der Waals surface area contributed by atoms with Gasteiger partial charge < -0.3 is 4.90 Å². The van der Waals surface area contributed by atoms with Crippen molar-refractivity contribution < 1.29 is 0 Å². The Balaban J connectivity index is 2.19. The summed E-state index contributed by atoms with van der Waals surface area (Å²) >= 11 is 3.57. The standard InChI is InChI=1S/C14H17BrN2/c1-11-3-2-7-17(8-6-11)14-5-4-12(10-16)9-13(14)15/h4-5,9,11H,2-3,6-8H2,1H3. The molecule has 90 valence electrons. The second kappa shape index (κ2) is 5.55. The van der Waals surface area contributed by atoms with Crippen LogP contribution in [0, 0.1) is 17.2 Å². The minimum absolute atomic E-state index is 0.712. The molecule has 0 bridgehead atoms. The molecule has 0 spiro atoms. The van der Waals surface area contributed by atoms with Gasteiger partial charge in [-0.25, -0.2) is 0 Å². The Morgan fingerprint density at radius 1 is 1.35 bits per heavy atom. The van der Waals surface area contributed by atoms with Crippen LogP contribution in [0.1, 0.15) is 31.7 Å². The molecule has 1 aromatic rings. The summed E-state index contributed by atoms with van der Waals surface area (Å²) in [5, 5.41) is 8.86. The van der Waals surface area contributed by atoms with Gasteiger partial charge in [-0.05, 0) is 59.3 Å². The molecule has 1 heterocycles. The SMILES string of the molecule is CC1CCCN(c2ccc(C#N)cc2Br)CC1. The minimum Gasteiger partial charge on any atom is -0.371 e. The maximum absolute atomic E-state index is 8.86. The number of hydrogen-bond donors (Lipinski definition) is 0. The smallest absolute Gasteiger partial charge is 0.0992 e. The van der Waals surface area contributed by atoms with Gasteiger partial charge in [0.05, 0.1) is 17.3 Å². The highest BCUT2D eigenvalue weighted by atomic mass is 79.9. The molecule has 1 fully saturated rings. The molecule has 3 heteroatoms. The van der Waals surface area contributed by atoms with Crippen LogP contribution in [0.25, 0.3) is 0 Å². The Hall–Kier alpha value is -1.01. The molecule has 2 rings (SSSR count). The molecule has 2 nitrogen and oxygen atoms in total. The molecule has 0 N–H and O–H groups in total. The van der Waals surface area contributed by atoms with Crippen LogP contribution in [0.3, 0.4) is 0 Å². The van der Waals surface area contributed by atoms with E-state index < -0.39 is 0 Å². The van der Waals surface area contributed by atoms with Crippen molar-refractivity contribution in [3.63, 3.8) is 0 Å². The van der Waals surface area contributed by atoms with Gasteiger partial charge in [0, 0.05) is 17.6 Å². The molecule has 0 radical (unpaired) electrons. The van der Waals surface area contributed by atoms with Crippen LogP contribution in [-0.4, -0.2) is 13.1 Å². The summed E-state index contributed by atoms with van der Waals surface area (Å²) < 4.78 is 1.03. The highest BCUT2D eigenvalue weighted by molar-refractivity contribution is 9.10. The first-order chi connectivity index (χ1) is 8.20. The first-order valence-electron chi connectivity index (χ1n) is 6.15. The van der Waals surface area contributed by atoms with E-state index in [-0.39, 0.29) is 0 Å². The molecule has 1 aromatic carbocycles. The normalized spacial score (nSPS) is 20.8. The number of nitrogens with zero attached hydrogens (tertiary/aromatic N) is 2. The van der Waals surface area contributed by atoms with Crippen molar-refractivity contribution in [3.8, 4) is 6.07 Å². The summed E-state index contributed by atoms with van der Waals surface area (Å²) in [5.41, 5.74) is 1.93. The lowest BCUT2D eigenvalue weighted by Gasteiger charge is -2.24. The number of hydrogen-bond acceptors (Lipinski definition) is 2. The van der Waals surface area contributed by atoms with Crippen LogP contribution in [0.5, 0.6) is 0 Å². The van der Waals surface area contributed by atoms with E-state index in [9.17, 15) is 0 Å². The number of anilines is 1.